The lowest BCUT2D eigenvalue weighted by molar-refractivity contribution is 0.206. The number of carbonyl (C=O) groups excluding carboxylic acids is 1. The fraction of sp³-hybridized carbons (Fsp3) is 0.500. The van der Waals surface area contributed by atoms with Crippen molar-refractivity contribution in [1.82, 2.24) is 15.2 Å². The van der Waals surface area contributed by atoms with E-state index >= 15 is 0 Å². The first-order valence-electron chi connectivity index (χ1n) is 5.55. The topological polar surface area (TPSA) is 45.2 Å². The number of amides is 2. The van der Waals surface area contributed by atoms with Crippen LogP contribution in [0, 0.1) is 6.92 Å². The summed E-state index contributed by atoms with van der Waals surface area (Å²) in [6.45, 7) is 5.23. The number of nitrogens with one attached hydrogen (secondary N) is 1. The Bertz CT molecular complexity index is 352. The van der Waals surface area contributed by atoms with E-state index in [4.69, 9.17) is 0 Å². The van der Waals surface area contributed by atoms with E-state index in [0.29, 0.717) is 13.1 Å². The molecule has 0 aliphatic rings. The maximum Gasteiger partial charge on any atom is 0.317 e. The number of aromatic nitrogens is 1. The molecule has 16 heavy (non-hydrogen) atoms. The van der Waals surface area contributed by atoms with Gasteiger partial charge in [-0.15, -0.1) is 0 Å². The molecule has 0 atom stereocenters. The van der Waals surface area contributed by atoms with Crippen LogP contribution in [0.5, 0.6) is 0 Å². The molecule has 0 unspecified atom stereocenters. The number of aryl methyl sites for hydroxylation is 1. The van der Waals surface area contributed by atoms with Crippen LogP contribution in [0.1, 0.15) is 24.7 Å². The van der Waals surface area contributed by atoms with Crippen LogP contribution < -0.4 is 5.32 Å². The Hall–Kier alpha value is -1.58. The van der Waals surface area contributed by atoms with Crippen LogP contribution >= 0.6 is 0 Å². The summed E-state index contributed by atoms with van der Waals surface area (Å²) in [5, 5.41) is 2.83. The van der Waals surface area contributed by atoms with Gasteiger partial charge in [-0.1, -0.05) is 13.0 Å². The largest absolute Gasteiger partial charge is 0.338 e. The fourth-order valence-corrected chi connectivity index (χ4v) is 1.37. The van der Waals surface area contributed by atoms with E-state index in [9.17, 15) is 4.79 Å². The number of urea groups is 1. The van der Waals surface area contributed by atoms with Crippen LogP contribution in [0.3, 0.4) is 0 Å². The second-order valence-corrected chi connectivity index (χ2v) is 3.86. The molecule has 1 heterocycles. The molecule has 88 valence electrons. The quantitative estimate of drug-likeness (QED) is 0.844. The molecular weight excluding hydrogens is 202 g/mol. The van der Waals surface area contributed by atoms with E-state index in [2.05, 4.69) is 10.3 Å². The second-order valence-electron chi connectivity index (χ2n) is 3.86. The second kappa shape index (κ2) is 6.10. The molecule has 0 radical (unpaired) electrons. The third kappa shape index (κ3) is 3.88. The minimum atomic E-state index is -0.0508. The highest BCUT2D eigenvalue weighted by atomic mass is 16.2. The van der Waals surface area contributed by atoms with Gasteiger partial charge >= 0.3 is 6.03 Å². The Morgan fingerprint density at radius 1 is 1.50 bits per heavy atom. The van der Waals surface area contributed by atoms with E-state index in [1.165, 1.54) is 0 Å². The summed E-state index contributed by atoms with van der Waals surface area (Å²) >= 11 is 0. The minimum absolute atomic E-state index is 0.0508. The number of hydrogen-bond acceptors (Lipinski definition) is 2. The van der Waals surface area contributed by atoms with Crippen LogP contribution in [0.15, 0.2) is 18.2 Å². The van der Waals surface area contributed by atoms with Crippen molar-refractivity contribution in [2.24, 2.45) is 0 Å². The van der Waals surface area contributed by atoms with E-state index < -0.39 is 0 Å². The molecular formula is C12H19N3O. The predicted octanol–water partition coefficient (Wildman–Crippen LogP) is 1.94. The van der Waals surface area contributed by atoms with Gasteiger partial charge in [-0.2, -0.15) is 0 Å². The summed E-state index contributed by atoms with van der Waals surface area (Å²) in [6.07, 6.45) is 0.947. The minimum Gasteiger partial charge on any atom is -0.338 e. The van der Waals surface area contributed by atoms with E-state index in [1.807, 2.05) is 32.0 Å². The average molecular weight is 221 g/mol. The Kier molecular flexibility index (Phi) is 4.76. The zero-order chi connectivity index (χ0) is 12.0. The molecule has 1 aromatic rings. The molecule has 0 aromatic carbocycles. The zero-order valence-electron chi connectivity index (χ0n) is 10.2. The van der Waals surface area contributed by atoms with Crippen molar-refractivity contribution < 1.29 is 4.79 Å². The highest BCUT2D eigenvalue weighted by molar-refractivity contribution is 5.73. The first kappa shape index (κ1) is 12.5. The summed E-state index contributed by atoms with van der Waals surface area (Å²) in [5.41, 5.74) is 1.88. The van der Waals surface area contributed by atoms with Crippen molar-refractivity contribution in [3.05, 3.63) is 29.6 Å². The maximum absolute atomic E-state index is 11.6. The van der Waals surface area contributed by atoms with Crippen LogP contribution in [-0.4, -0.2) is 29.5 Å². The maximum atomic E-state index is 11.6. The molecule has 1 aromatic heterocycles. The molecule has 0 fully saturated rings. The molecule has 2 amide bonds. The summed E-state index contributed by atoms with van der Waals surface area (Å²) in [7, 11) is 1.77. The Morgan fingerprint density at radius 3 is 2.88 bits per heavy atom. The van der Waals surface area contributed by atoms with E-state index in [1.54, 1.807) is 11.9 Å². The lowest BCUT2D eigenvalue weighted by atomic mass is 10.3. The van der Waals surface area contributed by atoms with Gasteiger partial charge in [-0.3, -0.25) is 4.98 Å². The molecule has 4 heteroatoms. The monoisotopic (exact) mass is 221 g/mol. The summed E-state index contributed by atoms with van der Waals surface area (Å²) < 4.78 is 0. The van der Waals surface area contributed by atoms with Crippen molar-refractivity contribution in [3.63, 3.8) is 0 Å². The summed E-state index contributed by atoms with van der Waals surface area (Å²) in [6, 6.07) is 5.78. The molecule has 0 aliphatic carbocycles. The van der Waals surface area contributed by atoms with Gasteiger partial charge in [0, 0.05) is 19.3 Å². The third-order valence-corrected chi connectivity index (χ3v) is 2.22. The zero-order valence-corrected chi connectivity index (χ0v) is 10.2. The van der Waals surface area contributed by atoms with Crippen LogP contribution in [0.4, 0.5) is 4.79 Å². The number of hydrogen-bond donors (Lipinski definition) is 1. The molecule has 0 bridgehead atoms. The Morgan fingerprint density at radius 2 is 2.25 bits per heavy atom. The van der Waals surface area contributed by atoms with Gasteiger partial charge in [0.15, 0.2) is 0 Å². The standard InChI is InChI=1S/C12H19N3O/c1-4-8-13-12(16)15(3)9-11-7-5-6-10(2)14-11/h5-7H,4,8-9H2,1-3H3,(H,13,16). The van der Waals surface area contributed by atoms with Crippen molar-refractivity contribution in [3.8, 4) is 0 Å². The highest BCUT2D eigenvalue weighted by Crippen LogP contribution is 2.01. The molecule has 4 nitrogen and oxygen atoms in total. The number of rotatable bonds is 4. The molecule has 0 spiro atoms. The van der Waals surface area contributed by atoms with Crippen LogP contribution in [-0.2, 0) is 6.54 Å². The van der Waals surface area contributed by atoms with Crippen molar-refractivity contribution >= 4 is 6.03 Å². The first-order valence-corrected chi connectivity index (χ1v) is 5.55. The summed E-state index contributed by atoms with van der Waals surface area (Å²) in [5.74, 6) is 0. The molecule has 0 saturated carbocycles. The smallest absolute Gasteiger partial charge is 0.317 e. The van der Waals surface area contributed by atoms with Gasteiger partial charge in [-0.05, 0) is 25.5 Å². The Balaban J connectivity index is 2.50. The van der Waals surface area contributed by atoms with Gasteiger partial charge in [0.05, 0.1) is 12.2 Å². The van der Waals surface area contributed by atoms with Gasteiger partial charge in [0.25, 0.3) is 0 Å². The molecule has 1 N–H and O–H groups in total. The van der Waals surface area contributed by atoms with E-state index in [-0.39, 0.29) is 6.03 Å². The number of carbonyl (C=O) groups is 1. The fourth-order valence-electron chi connectivity index (χ4n) is 1.37. The van der Waals surface area contributed by atoms with Gasteiger partial charge < -0.3 is 10.2 Å². The average Bonchev–Trinajstić information content (AvgIpc) is 2.25. The van der Waals surface area contributed by atoms with Gasteiger partial charge in [-0.25, -0.2) is 4.79 Å². The van der Waals surface area contributed by atoms with E-state index in [0.717, 1.165) is 17.8 Å². The molecule has 0 saturated heterocycles. The number of nitrogens with zero attached hydrogens (tertiary/aromatic N) is 2. The lowest BCUT2D eigenvalue weighted by Crippen LogP contribution is -2.37. The van der Waals surface area contributed by atoms with Gasteiger partial charge in [0.2, 0.25) is 0 Å². The molecule has 0 aliphatic heterocycles. The first-order chi connectivity index (χ1) is 7.63. The highest BCUT2D eigenvalue weighted by Gasteiger charge is 2.08. The van der Waals surface area contributed by atoms with Crippen molar-refractivity contribution in [2.75, 3.05) is 13.6 Å². The summed E-state index contributed by atoms with van der Waals surface area (Å²) in [4.78, 5) is 17.6. The van der Waals surface area contributed by atoms with Crippen LogP contribution in [0.25, 0.3) is 0 Å². The molecule has 1 rings (SSSR count). The third-order valence-electron chi connectivity index (χ3n) is 2.22. The van der Waals surface area contributed by atoms with Crippen molar-refractivity contribution in [2.45, 2.75) is 26.8 Å². The lowest BCUT2D eigenvalue weighted by Gasteiger charge is -2.17. The predicted molar refractivity (Wildman–Crippen MR) is 64.1 cm³/mol. The normalized spacial score (nSPS) is 9.94. The Labute approximate surface area is 96.7 Å². The van der Waals surface area contributed by atoms with Crippen LogP contribution in [0.2, 0.25) is 0 Å². The SMILES string of the molecule is CCCNC(=O)N(C)Cc1cccc(C)n1. The number of pyridine rings is 1. The van der Waals surface area contributed by atoms with Crippen molar-refractivity contribution in [1.29, 1.82) is 0 Å². The van der Waals surface area contributed by atoms with Gasteiger partial charge in [0.1, 0.15) is 0 Å².